The minimum Gasteiger partial charge on any atom is -0.497 e. The number of halogens is 1. The number of rotatable bonds is 5. The van der Waals surface area contributed by atoms with Gasteiger partial charge in [0.2, 0.25) is 0 Å². The van der Waals surface area contributed by atoms with E-state index in [-0.39, 0.29) is 11.2 Å². The highest BCUT2D eigenvalue weighted by atomic mass is 19.1. The molecule has 0 unspecified atom stereocenters. The summed E-state index contributed by atoms with van der Waals surface area (Å²) >= 11 is 0. The van der Waals surface area contributed by atoms with Crippen molar-refractivity contribution in [2.75, 3.05) is 7.11 Å². The maximum atomic E-state index is 14.1. The van der Waals surface area contributed by atoms with E-state index < -0.39 is 0 Å². The monoisotopic (exact) mass is 393 g/mol. The Kier molecular flexibility index (Phi) is 5.76. The van der Waals surface area contributed by atoms with Gasteiger partial charge >= 0.3 is 0 Å². The second-order valence-electron chi connectivity index (χ2n) is 9.02. The summed E-state index contributed by atoms with van der Waals surface area (Å²) in [6.45, 7) is 4.62. The van der Waals surface area contributed by atoms with E-state index in [1.165, 1.54) is 42.9 Å². The molecule has 2 aliphatic rings. The van der Waals surface area contributed by atoms with Gasteiger partial charge < -0.3 is 4.74 Å². The molecule has 2 nitrogen and oxygen atoms in total. The molecule has 2 aromatic carbocycles. The molecular formula is C26H32FNO. The fourth-order valence-electron chi connectivity index (χ4n) is 5.82. The molecule has 0 saturated heterocycles. The quantitative estimate of drug-likeness (QED) is 0.497. The maximum absolute atomic E-state index is 14.1. The van der Waals surface area contributed by atoms with E-state index in [1.54, 1.807) is 19.2 Å². The van der Waals surface area contributed by atoms with Gasteiger partial charge in [0, 0.05) is 11.6 Å². The molecule has 1 saturated carbocycles. The van der Waals surface area contributed by atoms with Crippen LogP contribution in [0.3, 0.4) is 0 Å². The van der Waals surface area contributed by atoms with Crippen LogP contribution in [0.4, 0.5) is 10.1 Å². The lowest BCUT2D eigenvalue weighted by atomic mass is 9.54. The summed E-state index contributed by atoms with van der Waals surface area (Å²) in [5.41, 5.74) is 3.46. The molecule has 3 heteroatoms. The van der Waals surface area contributed by atoms with Crippen molar-refractivity contribution < 1.29 is 9.13 Å². The Morgan fingerprint density at radius 3 is 2.79 bits per heavy atom. The highest BCUT2D eigenvalue weighted by Crippen LogP contribution is 2.55. The molecule has 0 heterocycles. The van der Waals surface area contributed by atoms with Crippen molar-refractivity contribution in [3.05, 3.63) is 59.4 Å². The Labute approximate surface area is 174 Å². The number of fused-ring (bicyclic) bond motifs is 3. The summed E-state index contributed by atoms with van der Waals surface area (Å²) in [4.78, 5) is 4.62. The van der Waals surface area contributed by atoms with Crippen molar-refractivity contribution >= 4 is 11.9 Å². The van der Waals surface area contributed by atoms with Gasteiger partial charge in [-0.3, -0.25) is 4.99 Å². The number of nitrogens with zero attached hydrogens (tertiary/aromatic N) is 1. The lowest BCUT2D eigenvalue weighted by molar-refractivity contribution is 0.0784. The minimum atomic E-state index is -0.242. The summed E-state index contributed by atoms with van der Waals surface area (Å²) < 4.78 is 19.5. The fourth-order valence-corrected chi connectivity index (χ4v) is 5.82. The van der Waals surface area contributed by atoms with Crippen LogP contribution < -0.4 is 4.74 Å². The molecule has 1 fully saturated rings. The Balaban J connectivity index is 1.63. The van der Waals surface area contributed by atoms with E-state index in [9.17, 15) is 4.39 Å². The van der Waals surface area contributed by atoms with Crippen molar-refractivity contribution in [2.24, 2.45) is 22.2 Å². The van der Waals surface area contributed by atoms with Gasteiger partial charge in [0.25, 0.3) is 0 Å². The normalized spacial score (nSPS) is 28.8. The van der Waals surface area contributed by atoms with E-state index in [2.05, 4.69) is 43.3 Å². The number of para-hydroxylation sites is 1. The van der Waals surface area contributed by atoms with E-state index in [0.717, 1.165) is 18.6 Å². The molecule has 2 aromatic rings. The molecule has 0 bridgehead atoms. The van der Waals surface area contributed by atoms with Crippen molar-refractivity contribution in [1.82, 2.24) is 0 Å². The zero-order chi connectivity index (χ0) is 20.4. The summed E-state index contributed by atoms with van der Waals surface area (Å²) in [5, 5.41) is 0. The smallest absolute Gasteiger partial charge is 0.148 e. The van der Waals surface area contributed by atoms with E-state index in [0.29, 0.717) is 23.4 Å². The number of aryl methyl sites for hydroxylation is 1. The van der Waals surface area contributed by atoms with E-state index in [1.807, 2.05) is 6.07 Å². The molecule has 0 aromatic heterocycles. The number of aliphatic imine (C=N–C) groups is 1. The van der Waals surface area contributed by atoms with Crippen LogP contribution in [0.1, 0.15) is 63.0 Å². The van der Waals surface area contributed by atoms with Gasteiger partial charge in [0.1, 0.15) is 11.6 Å². The average Bonchev–Trinajstić information content (AvgIpc) is 2.74. The first-order chi connectivity index (χ1) is 14.1. The third-order valence-electron chi connectivity index (χ3n) is 7.32. The Morgan fingerprint density at radius 2 is 2.03 bits per heavy atom. The third-order valence-corrected chi connectivity index (χ3v) is 7.32. The summed E-state index contributed by atoms with van der Waals surface area (Å²) in [5.74, 6) is 2.59. The fraction of sp³-hybridized carbons (Fsp3) is 0.500. The van der Waals surface area contributed by atoms with Gasteiger partial charge in [0.05, 0.1) is 12.8 Å². The lowest BCUT2D eigenvalue weighted by Crippen LogP contribution is -2.43. The number of benzene rings is 2. The standard InChI is InChI=1S/C26H32FNO/c1-4-7-23-22-12-10-18-16-19(29-3)11-13-20(18)21(22)14-15-26(23,2)17-28-25-9-6-5-8-24(25)27/h5-6,8-9,11,13,16-17,21-23H,4,7,10,12,14-15H2,1-3H3/t21-,22-,23+,26-/m1/s1. The van der Waals surface area contributed by atoms with Crippen LogP contribution in [0.5, 0.6) is 5.75 Å². The molecule has 4 atom stereocenters. The van der Waals surface area contributed by atoms with Gasteiger partial charge in [0.15, 0.2) is 0 Å². The summed E-state index contributed by atoms with van der Waals surface area (Å²) in [7, 11) is 1.74. The lowest BCUT2D eigenvalue weighted by Gasteiger charge is -2.50. The van der Waals surface area contributed by atoms with E-state index >= 15 is 0 Å². The molecule has 0 spiro atoms. The highest BCUT2D eigenvalue weighted by Gasteiger charge is 2.47. The first kappa shape index (κ1) is 20.1. The molecule has 0 amide bonds. The van der Waals surface area contributed by atoms with Gasteiger partial charge in [-0.15, -0.1) is 0 Å². The number of methoxy groups -OCH3 is 1. The third kappa shape index (κ3) is 3.84. The van der Waals surface area contributed by atoms with Crippen LogP contribution in [-0.2, 0) is 6.42 Å². The van der Waals surface area contributed by atoms with Crippen molar-refractivity contribution in [2.45, 2.75) is 58.3 Å². The molecular weight excluding hydrogens is 361 g/mol. The maximum Gasteiger partial charge on any atom is 0.148 e. The highest BCUT2D eigenvalue weighted by molar-refractivity contribution is 5.70. The van der Waals surface area contributed by atoms with Crippen LogP contribution in [0.25, 0.3) is 0 Å². The van der Waals surface area contributed by atoms with Crippen LogP contribution in [-0.4, -0.2) is 13.3 Å². The summed E-state index contributed by atoms with van der Waals surface area (Å²) in [6, 6.07) is 13.5. The van der Waals surface area contributed by atoms with Crippen molar-refractivity contribution in [3.8, 4) is 5.75 Å². The molecule has 4 rings (SSSR count). The SMILES string of the molecule is CCC[C@H]1[C@@H]2CCc3cc(OC)ccc3[C@H]2CC[C@]1(C)C=Nc1ccccc1F. The van der Waals surface area contributed by atoms with Crippen LogP contribution in [0.2, 0.25) is 0 Å². The second kappa shape index (κ2) is 8.30. The second-order valence-corrected chi connectivity index (χ2v) is 9.02. The van der Waals surface area contributed by atoms with Gasteiger partial charge in [-0.05, 0) is 85.3 Å². The first-order valence-electron chi connectivity index (χ1n) is 11.0. The Morgan fingerprint density at radius 1 is 1.21 bits per heavy atom. The van der Waals surface area contributed by atoms with Crippen LogP contribution >= 0.6 is 0 Å². The van der Waals surface area contributed by atoms with E-state index in [4.69, 9.17) is 4.74 Å². The largest absolute Gasteiger partial charge is 0.497 e. The topological polar surface area (TPSA) is 21.6 Å². The number of hydrogen-bond acceptors (Lipinski definition) is 2. The first-order valence-corrected chi connectivity index (χ1v) is 11.0. The Bertz CT molecular complexity index is 892. The predicted molar refractivity (Wildman–Crippen MR) is 118 cm³/mol. The number of hydrogen-bond donors (Lipinski definition) is 0. The molecule has 2 aliphatic carbocycles. The van der Waals surface area contributed by atoms with Crippen molar-refractivity contribution in [1.29, 1.82) is 0 Å². The molecule has 0 N–H and O–H groups in total. The number of ether oxygens (including phenoxy) is 1. The Hall–Kier alpha value is -2.16. The van der Waals surface area contributed by atoms with Gasteiger partial charge in [-0.25, -0.2) is 4.39 Å². The summed E-state index contributed by atoms with van der Waals surface area (Å²) in [6.07, 6.45) is 9.06. The van der Waals surface area contributed by atoms with Crippen LogP contribution in [0.15, 0.2) is 47.5 Å². The molecule has 29 heavy (non-hydrogen) atoms. The molecule has 0 radical (unpaired) electrons. The zero-order valence-electron chi connectivity index (χ0n) is 17.8. The van der Waals surface area contributed by atoms with Crippen LogP contribution in [0, 0.1) is 23.1 Å². The predicted octanol–water partition coefficient (Wildman–Crippen LogP) is 7.10. The van der Waals surface area contributed by atoms with Gasteiger partial charge in [-0.2, -0.15) is 0 Å². The van der Waals surface area contributed by atoms with Crippen molar-refractivity contribution in [3.63, 3.8) is 0 Å². The molecule has 154 valence electrons. The average molecular weight is 394 g/mol. The van der Waals surface area contributed by atoms with Gasteiger partial charge in [-0.1, -0.05) is 38.5 Å². The minimum absolute atomic E-state index is 0.0173. The zero-order valence-corrected chi connectivity index (χ0v) is 17.8. The molecule has 0 aliphatic heterocycles.